The zero-order chi connectivity index (χ0) is 18.4. The summed E-state index contributed by atoms with van der Waals surface area (Å²) in [7, 11) is 1.62. The molecule has 0 saturated heterocycles. The Kier molecular flexibility index (Phi) is 6.07. The molecule has 0 spiro atoms. The van der Waals surface area contributed by atoms with E-state index in [4.69, 9.17) is 9.47 Å². The first-order valence-electron chi connectivity index (χ1n) is 8.47. The van der Waals surface area contributed by atoms with E-state index in [-0.39, 0.29) is 11.3 Å². The van der Waals surface area contributed by atoms with E-state index in [0.717, 1.165) is 17.1 Å². The molecule has 4 nitrogen and oxygen atoms in total. The highest BCUT2D eigenvalue weighted by Crippen LogP contribution is 2.24. The Balaban J connectivity index is 1.81. The molecule has 0 heterocycles. The number of aryl methyl sites for hydroxylation is 1. The summed E-state index contributed by atoms with van der Waals surface area (Å²) >= 11 is 0. The minimum atomic E-state index is -0.113. The van der Waals surface area contributed by atoms with Crippen LogP contribution in [-0.2, 0) is 5.41 Å². The molecule has 2 aromatic rings. The van der Waals surface area contributed by atoms with E-state index in [1.165, 1.54) is 5.56 Å². The third-order valence-corrected chi connectivity index (χ3v) is 4.03. The molecule has 2 rings (SSSR count). The molecule has 0 atom stereocenters. The van der Waals surface area contributed by atoms with Gasteiger partial charge in [-0.05, 0) is 53.8 Å². The van der Waals surface area contributed by atoms with E-state index in [1.807, 2.05) is 25.1 Å². The second-order valence-corrected chi connectivity index (χ2v) is 7.06. The number of benzene rings is 2. The lowest BCUT2D eigenvalue weighted by atomic mass is 9.87. The maximum Gasteiger partial charge on any atom is 0.251 e. The number of carbonyl (C=O) groups is 1. The molecule has 0 fully saturated rings. The Morgan fingerprint density at radius 3 is 2.32 bits per heavy atom. The SMILES string of the molecule is COc1ccc(C(=O)NCCOc2ccc(C(C)(C)C)cc2)cc1C. The first-order valence-corrected chi connectivity index (χ1v) is 8.47. The molecule has 0 radical (unpaired) electrons. The van der Waals surface area contributed by atoms with E-state index in [1.54, 1.807) is 19.2 Å². The number of nitrogens with one attached hydrogen (secondary N) is 1. The van der Waals surface area contributed by atoms with Gasteiger partial charge in [-0.3, -0.25) is 4.79 Å². The molecular formula is C21H27NO3. The molecule has 0 aliphatic heterocycles. The van der Waals surface area contributed by atoms with Gasteiger partial charge in [0.15, 0.2) is 0 Å². The fourth-order valence-electron chi connectivity index (χ4n) is 2.51. The van der Waals surface area contributed by atoms with Gasteiger partial charge < -0.3 is 14.8 Å². The summed E-state index contributed by atoms with van der Waals surface area (Å²) in [4.78, 5) is 12.2. The highest BCUT2D eigenvalue weighted by molar-refractivity contribution is 5.94. The molecule has 0 unspecified atom stereocenters. The first kappa shape index (κ1) is 18.8. The number of hydrogen-bond acceptors (Lipinski definition) is 3. The zero-order valence-corrected chi connectivity index (χ0v) is 15.7. The number of amides is 1. The van der Waals surface area contributed by atoms with Gasteiger partial charge >= 0.3 is 0 Å². The van der Waals surface area contributed by atoms with Crippen molar-refractivity contribution in [2.24, 2.45) is 0 Å². The maximum atomic E-state index is 12.2. The Morgan fingerprint density at radius 2 is 1.76 bits per heavy atom. The highest BCUT2D eigenvalue weighted by atomic mass is 16.5. The van der Waals surface area contributed by atoms with Gasteiger partial charge in [-0.2, -0.15) is 0 Å². The quantitative estimate of drug-likeness (QED) is 0.804. The molecule has 0 aromatic heterocycles. The van der Waals surface area contributed by atoms with Crippen LogP contribution in [-0.4, -0.2) is 26.2 Å². The van der Waals surface area contributed by atoms with Crippen LogP contribution in [0.2, 0.25) is 0 Å². The fourth-order valence-corrected chi connectivity index (χ4v) is 2.51. The van der Waals surface area contributed by atoms with Crippen molar-refractivity contribution in [1.82, 2.24) is 5.32 Å². The van der Waals surface area contributed by atoms with E-state index >= 15 is 0 Å². The Morgan fingerprint density at radius 1 is 1.08 bits per heavy atom. The van der Waals surface area contributed by atoms with Crippen LogP contribution in [0.25, 0.3) is 0 Å². The number of ether oxygens (including phenoxy) is 2. The van der Waals surface area contributed by atoms with Crippen LogP contribution in [0, 0.1) is 6.92 Å². The molecular weight excluding hydrogens is 314 g/mol. The Labute approximate surface area is 150 Å². The van der Waals surface area contributed by atoms with Gasteiger partial charge in [0.1, 0.15) is 18.1 Å². The Hall–Kier alpha value is -2.49. The predicted octanol–water partition coefficient (Wildman–Crippen LogP) is 4.11. The second kappa shape index (κ2) is 8.06. The van der Waals surface area contributed by atoms with E-state index in [9.17, 15) is 4.79 Å². The minimum absolute atomic E-state index is 0.113. The summed E-state index contributed by atoms with van der Waals surface area (Å²) in [5.41, 5.74) is 2.95. The van der Waals surface area contributed by atoms with E-state index in [2.05, 4.69) is 38.2 Å². The van der Waals surface area contributed by atoms with Gasteiger partial charge in [0.25, 0.3) is 5.91 Å². The van der Waals surface area contributed by atoms with Crippen LogP contribution in [0.1, 0.15) is 42.3 Å². The standard InChI is InChI=1S/C21H27NO3/c1-15-14-16(6-11-19(15)24-5)20(23)22-12-13-25-18-9-7-17(8-10-18)21(2,3)4/h6-11,14H,12-13H2,1-5H3,(H,22,23). The fraction of sp³-hybridized carbons (Fsp3) is 0.381. The first-order chi connectivity index (χ1) is 11.8. The Bertz CT molecular complexity index is 715. The average Bonchev–Trinajstić information content (AvgIpc) is 2.58. The third kappa shape index (κ3) is 5.24. The summed E-state index contributed by atoms with van der Waals surface area (Å²) in [6, 6.07) is 13.5. The third-order valence-electron chi connectivity index (χ3n) is 4.03. The van der Waals surface area contributed by atoms with Crippen molar-refractivity contribution in [3.63, 3.8) is 0 Å². The van der Waals surface area contributed by atoms with Crippen LogP contribution >= 0.6 is 0 Å². The van der Waals surface area contributed by atoms with Crippen molar-refractivity contribution < 1.29 is 14.3 Å². The molecule has 4 heteroatoms. The summed E-state index contributed by atoms with van der Waals surface area (Å²) in [5.74, 6) is 1.47. The van der Waals surface area contributed by atoms with Crippen molar-refractivity contribution in [3.05, 3.63) is 59.2 Å². The number of hydrogen-bond donors (Lipinski definition) is 1. The number of methoxy groups -OCH3 is 1. The zero-order valence-electron chi connectivity index (χ0n) is 15.7. The van der Waals surface area contributed by atoms with Gasteiger partial charge in [-0.15, -0.1) is 0 Å². The monoisotopic (exact) mass is 341 g/mol. The van der Waals surface area contributed by atoms with E-state index in [0.29, 0.717) is 18.7 Å². The van der Waals surface area contributed by atoms with Crippen molar-refractivity contribution >= 4 is 5.91 Å². The van der Waals surface area contributed by atoms with Crippen molar-refractivity contribution in [1.29, 1.82) is 0 Å². The molecule has 0 aliphatic carbocycles. The van der Waals surface area contributed by atoms with Crippen LogP contribution < -0.4 is 14.8 Å². The van der Waals surface area contributed by atoms with Gasteiger partial charge in [0.05, 0.1) is 13.7 Å². The van der Waals surface area contributed by atoms with Crippen LogP contribution in [0.15, 0.2) is 42.5 Å². The van der Waals surface area contributed by atoms with Crippen molar-refractivity contribution in [2.45, 2.75) is 33.1 Å². The number of carbonyl (C=O) groups excluding carboxylic acids is 1. The summed E-state index contributed by atoms with van der Waals surface area (Å²) < 4.78 is 10.9. The largest absolute Gasteiger partial charge is 0.496 e. The van der Waals surface area contributed by atoms with E-state index < -0.39 is 0 Å². The van der Waals surface area contributed by atoms with Gasteiger partial charge in [0.2, 0.25) is 0 Å². The van der Waals surface area contributed by atoms with Crippen LogP contribution in [0.3, 0.4) is 0 Å². The topological polar surface area (TPSA) is 47.6 Å². The van der Waals surface area contributed by atoms with Gasteiger partial charge in [0, 0.05) is 5.56 Å². The maximum absolute atomic E-state index is 12.2. The minimum Gasteiger partial charge on any atom is -0.496 e. The van der Waals surface area contributed by atoms with Crippen molar-refractivity contribution in [3.8, 4) is 11.5 Å². The summed E-state index contributed by atoms with van der Waals surface area (Å²) in [5, 5.41) is 2.86. The summed E-state index contributed by atoms with van der Waals surface area (Å²) in [6.07, 6.45) is 0. The lowest BCUT2D eigenvalue weighted by Gasteiger charge is -2.19. The predicted molar refractivity (Wildman–Crippen MR) is 101 cm³/mol. The van der Waals surface area contributed by atoms with Crippen molar-refractivity contribution in [2.75, 3.05) is 20.3 Å². The molecule has 0 saturated carbocycles. The van der Waals surface area contributed by atoms with Crippen LogP contribution in [0.4, 0.5) is 0 Å². The number of rotatable bonds is 6. The normalized spacial score (nSPS) is 11.1. The summed E-state index contributed by atoms with van der Waals surface area (Å²) in [6.45, 7) is 9.33. The lowest BCUT2D eigenvalue weighted by Crippen LogP contribution is -2.28. The smallest absolute Gasteiger partial charge is 0.251 e. The molecule has 1 N–H and O–H groups in total. The van der Waals surface area contributed by atoms with Gasteiger partial charge in [-0.25, -0.2) is 0 Å². The molecule has 0 bridgehead atoms. The molecule has 0 aliphatic rings. The highest BCUT2D eigenvalue weighted by Gasteiger charge is 2.13. The molecule has 25 heavy (non-hydrogen) atoms. The molecule has 134 valence electrons. The average molecular weight is 341 g/mol. The van der Waals surface area contributed by atoms with Crippen LogP contribution in [0.5, 0.6) is 11.5 Å². The van der Waals surface area contributed by atoms with Gasteiger partial charge in [-0.1, -0.05) is 32.9 Å². The molecule has 2 aromatic carbocycles. The second-order valence-electron chi connectivity index (χ2n) is 7.06. The molecule has 1 amide bonds. The lowest BCUT2D eigenvalue weighted by molar-refractivity contribution is 0.0947.